The highest BCUT2D eigenvalue weighted by atomic mass is 16.3. The summed E-state index contributed by atoms with van der Waals surface area (Å²) in [5.41, 5.74) is 3.64. The Morgan fingerprint density at radius 3 is 2.38 bits per heavy atom. The molecule has 0 unspecified atom stereocenters. The molecule has 0 bridgehead atoms. The number of aldehydes is 1. The van der Waals surface area contributed by atoms with Crippen LogP contribution in [0.2, 0.25) is 0 Å². The van der Waals surface area contributed by atoms with Crippen molar-refractivity contribution in [1.82, 2.24) is 0 Å². The fourth-order valence-corrected chi connectivity index (χ4v) is 1.60. The first-order valence-electron chi connectivity index (χ1n) is 5.09. The van der Waals surface area contributed by atoms with E-state index < -0.39 is 0 Å². The van der Waals surface area contributed by atoms with Gasteiger partial charge in [0.05, 0.1) is 6.61 Å². The van der Waals surface area contributed by atoms with Crippen LogP contribution in [-0.2, 0) is 6.61 Å². The van der Waals surface area contributed by atoms with Crippen LogP contribution in [0.1, 0.15) is 15.9 Å². The van der Waals surface area contributed by atoms with Gasteiger partial charge in [0.1, 0.15) is 6.29 Å². The van der Waals surface area contributed by atoms with Crippen molar-refractivity contribution in [3.63, 3.8) is 0 Å². The highest BCUT2D eigenvalue weighted by molar-refractivity contribution is 5.76. The van der Waals surface area contributed by atoms with E-state index in [0.717, 1.165) is 23.0 Å². The van der Waals surface area contributed by atoms with Crippen LogP contribution in [0.25, 0.3) is 11.1 Å². The molecule has 80 valence electrons. The summed E-state index contributed by atoms with van der Waals surface area (Å²) >= 11 is 0. The lowest BCUT2D eigenvalue weighted by Crippen LogP contribution is -1.85. The van der Waals surface area contributed by atoms with E-state index in [4.69, 9.17) is 5.11 Å². The molecule has 16 heavy (non-hydrogen) atoms. The Hall–Kier alpha value is -1.93. The van der Waals surface area contributed by atoms with Crippen LogP contribution in [-0.4, -0.2) is 11.4 Å². The lowest BCUT2D eigenvalue weighted by Gasteiger charge is -2.03. The van der Waals surface area contributed by atoms with Crippen molar-refractivity contribution < 1.29 is 9.90 Å². The zero-order valence-corrected chi connectivity index (χ0v) is 8.76. The minimum Gasteiger partial charge on any atom is -0.392 e. The van der Waals surface area contributed by atoms with Crippen LogP contribution in [0.4, 0.5) is 0 Å². The molecule has 2 aromatic rings. The molecule has 0 aliphatic heterocycles. The van der Waals surface area contributed by atoms with Crippen molar-refractivity contribution in [2.24, 2.45) is 0 Å². The van der Waals surface area contributed by atoms with Crippen LogP contribution in [0.15, 0.2) is 48.5 Å². The number of hydrogen-bond donors (Lipinski definition) is 1. The van der Waals surface area contributed by atoms with E-state index in [9.17, 15) is 4.79 Å². The number of aliphatic hydroxyl groups is 1. The normalized spacial score (nSPS) is 10.1. The standard InChI is InChI=1S/C14H12O2/c15-9-11-4-6-13(7-5-11)14-3-1-2-12(8-14)10-16/h1-9,16H,10H2. The van der Waals surface area contributed by atoms with Crippen LogP contribution >= 0.6 is 0 Å². The molecule has 1 N–H and O–H groups in total. The van der Waals surface area contributed by atoms with Gasteiger partial charge in [-0.05, 0) is 22.8 Å². The van der Waals surface area contributed by atoms with E-state index in [1.807, 2.05) is 36.4 Å². The van der Waals surface area contributed by atoms with E-state index in [1.165, 1.54) is 0 Å². The second-order valence-electron chi connectivity index (χ2n) is 3.60. The summed E-state index contributed by atoms with van der Waals surface area (Å²) in [6, 6.07) is 15.1. The van der Waals surface area contributed by atoms with Crippen LogP contribution < -0.4 is 0 Å². The molecule has 0 atom stereocenters. The molecule has 2 rings (SSSR count). The number of carbonyl (C=O) groups excluding carboxylic acids is 1. The number of hydrogen-bond acceptors (Lipinski definition) is 2. The largest absolute Gasteiger partial charge is 0.392 e. The molecule has 0 aliphatic rings. The maximum absolute atomic E-state index is 10.5. The smallest absolute Gasteiger partial charge is 0.150 e. The van der Waals surface area contributed by atoms with Crippen LogP contribution in [0.5, 0.6) is 0 Å². The first-order valence-corrected chi connectivity index (χ1v) is 5.09. The monoisotopic (exact) mass is 212 g/mol. The van der Waals surface area contributed by atoms with E-state index in [1.54, 1.807) is 12.1 Å². The van der Waals surface area contributed by atoms with Crippen molar-refractivity contribution in [2.45, 2.75) is 6.61 Å². The van der Waals surface area contributed by atoms with Gasteiger partial charge in [0, 0.05) is 5.56 Å². The molecule has 0 aromatic heterocycles. The van der Waals surface area contributed by atoms with Gasteiger partial charge in [-0.3, -0.25) is 4.79 Å². The predicted octanol–water partition coefficient (Wildman–Crippen LogP) is 2.66. The van der Waals surface area contributed by atoms with Gasteiger partial charge in [-0.25, -0.2) is 0 Å². The van der Waals surface area contributed by atoms with Crippen molar-refractivity contribution in [1.29, 1.82) is 0 Å². The Kier molecular flexibility index (Phi) is 3.13. The first-order chi connectivity index (χ1) is 7.83. The molecular weight excluding hydrogens is 200 g/mol. The van der Waals surface area contributed by atoms with E-state index >= 15 is 0 Å². The van der Waals surface area contributed by atoms with Gasteiger partial charge in [0.25, 0.3) is 0 Å². The Bertz CT molecular complexity index is 486. The third-order valence-electron chi connectivity index (χ3n) is 2.49. The van der Waals surface area contributed by atoms with Crippen molar-refractivity contribution >= 4 is 6.29 Å². The number of rotatable bonds is 3. The van der Waals surface area contributed by atoms with Gasteiger partial charge in [-0.2, -0.15) is 0 Å². The summed E-state index contributed by atoms with van der Waals surface area (Å²) in [6.07, 6.45) is 0.827. The second kappa shape index (κ2) is 4.73. The molecule has 0 aliphatic carbocycles. The quantitative estimate of drug-likeness (QED) is 0.794. The maximum atomic E-state index is 10.5. The minimum atomic E-state index is 0.0419. The highest BCUT2D eigenvalue weighted by Crippen LogP contribution is 2.20. The van der Waals surface area contributed by atoms with Crippen LogP contribution in [0.3, 0.4) is 0 Å². The molecule has 2 heteroatoms. The molecule has 0 heterocycles. The lowest BCUT2D eigenvalue weighted by molar-refractivity contribution is 0.112. The third-order valence-corrected chi connectivity index (χ3v) is 2.49. The van der Waals surface area contributed by atoms with Crippen molar-refractivity contribution in [2.75, 3.05) is 0 Å². The van der Waals surface area contributed by atoms with Gasteiger partial charge >= 0.3 is 0 Å². The first kappa shape index (κ1) is 10.6. The Labute approximate surface area is 94.2 Å². The Balaban J connectivity index is 2.38. The number of carbonyl (C=O) groups is 1. The maximum Gasteiger partial charge on any atom is 0.150 e. The van der Waals surface area contributed by atoms with Crippen molar-refractivity contribution in [3.05, 3.63) is 59.7 Å². The molecule has 0 saturated carbocycles. The molecule has 2 aromatic carbocycles. The van der Waals surface area contributed by atoms with Gasteiger partial charge in [-0.1, -0.05) is 42.5 Å². The molecule has 2 nitrogen and oxygen atoms in total. The zero-order valence-electron chi connectivity index (χ0n) is 8.76. The molecule has 0 saturated heterocycles. The SMILES string of the molecule is O=Cc1ccc(-c2cccc(CO)c2)cc1. The van der Waals surface area contributed by atoms with Gasteiger partial charge in [-0.15, -0.1) is 0 Å². The van der Waals surface area contributed by atoms with Gasteiger partial charge in [0.2, 0.25) is 0 Å². The van der Waals surface area contributed by atoms with Crippen molar-refractivity contribution in [3.8, 4) is 11.1 Å². The fraction of sp³-hybridized carbons (Fsp3) is 0.0714. The van der Waals surface area contributed by atoms with Gasteiger partial charge in [0.15, 0.2) is 0 Å². The summed E-state index contributed by atoms with van der Waals surface area (Å²) < 4.78 is 0. The number of aliphatic hydroxyl groups excluding tert-OH is 1. The molecular formula is C14H12O2. The summed E-state index contributed by atoms with van der Waals surface area (Å²) in [6.45, 7) is 0.0419. The van der Waals surface area contributed by atoms with Gasteiger partial charge < -0.3 is 5.11 Å². The summed E-state index contributed by atoms with van der Waals surface area (Å²) in [4.78, 5) is 10.5. The average Bonchev–Trinajstić information content (AvgIpc) is 2.39. The summed E-state index contributed by atoms with van der Waals surface area (Å²) in [5, 5.41) is 9.04. The van der Waals surface area contributed by atoms with E-state index in [2.05, 4.69) is 0 Å². The topological polar surface area (TPSA) is 37.3 Å². The highest BCUT2D eigenvalue weighted by Gasteiger charge is 1.98. The molecule has 0 amide bonds. The lowest BCUT2D eigenvalue weighted by atomic mass is 10.0. The third kappa shape index (κ3) is 2.18. The van der Waals surface area contributed by atoms with E-state index in [0.29, 0.717) is 5.56 Å². The fourth-order valence-electron chi connectivity index (χ4n) is 1.60. The second-order valence-corrected chi connectivity index (χ2v) is 3.60. The number of benzene rings is 2. The molecule has 0 radical (unpaired) electrons. The minimum absolute atomic E-state index is 0.0419. The molecule has 0 spiro atoms. The summed E-state index contributed by atoms with van der Waals surface area (Å²) in [7, 11) is 0. The van der Waals surface area contributed by atoms with Crippen LogP contribution in [0, 0.1) is 0 Å². The van der Waals surface area contributed by atoms with E-state index in [-0.39, 0.29) is 6.61 Å². The Morgan fingerprint density at radius 2 is 1.75 bits per heavy atom. The zero-order chi connectivity index (χ0) is 11.4. The summed E-state index contributed by atoms with van der Waals surface area (Å²) in [5.74, 6) is 0. The average molecular weight is 212 g/mol. The Morgan fingerprint density at radius 1 is 1.00 bits per heavy atom. The molecule has 0 fully saturated rings. The predicted molar refractivity (Wildman–Crippen MR) is 63.2 cm³/mol.